The zero-order valence-corrected chi connectivity index (χ0v) is 18.6. The molecular weight excluding hydrogens is 428 g/mol. The van der Waals surface area contributed by atoms with Crippen molar-refractivity contribution in [3.8, 4) is 11.5 Å². The van der Waals surface area contributed by atoms with Crippen LogP contribution in [0.2, 0.25) is 0 Å². The Morgan fingerprint density at radius 2 is 1.59 bits per heavy atom. The van der Waals surface area contributed by atoms with Crippen LogP contribution in [0.3, 0.4) is 0 Å². The molecule has 1 heterocycles. The molecule has 0 aromatic heterocycles. The van der Waals surface area contributed by atoms with Gasteiger partial charge in [0.05, 0.1) is 22.2 Å². The summed E-state index contributed by atoms with van der Waals surface area (Å²) in [6, 6.07) is 20.0. The molecule has 8 heteroatoms. The van der Waals surface area contributed by atoms with E-state index in [-0.39, 0.29) is 22.4 Å². The highest BCUT2D eigenvalue weighted by Crippen LogP contribution is 2.33. The van der Waals surface area contributed by atoms with E-state index in [0.717, 1.165) is 9.87 Å². The number of carbonyl (C=O) groups excluding carboxylic acids is 1. The van der Waals surface area contributed by atoms with Crippen LogP contribution in [-0.4, -0.2) is 34.6 Å². The summed E-state index contributed by atoms with van der Waals surface area (Å²) in [5.74, 6) is 0.943. The van der Waals surface area contributed by atoms with Crippen molar-refractivity contribution in [2.45, 2.75) is 17.9 Å². The van der Waals surface area contributed by atoms with E-state index in [1.165, 1.54) is 19.2 Å². The summed E-state index contributed by atoms with van der Waals surface area (Å²) in [6.07, 6.45) is 0. The normalized spacial score (nSPS) is 13.8. The number of anilines is 1. The van der Waals surface area contributed by atoms with Crippen LogP contribution in [-0.2, 0) is 10.0 Å². The second-order valence-electron chi connectivity index (χ2n) is 7.40. The summed E-state index contributed by atoms with van der Waals surface area (Å²) >= 11 is 0. The van der Waals surface area contributed by atoms with E-state index in [9.17, 15) is 13.2 Å². The van der Waals surface area contributed by atoms with Gasteiger partial charge in [0, 0.05) is 7.05 Å². The summed E-state index contributed by atoms with van der Waals surface area (Å²) in [5.41, 5.74) is 1.41. The third-order valence-corrected chi connectivity index (χ3v) is 7.09. The Bertz CT molecular complexity index is 1230. The Morgan fingerprint density at radius 3 is 2.34 bits per heavy atom. The maximum Gasteiger partial charge on any atom is 0.264 e. The van der Waals surface area contributed by atoms with E-state index in [1.54, 1.807) is 42.5 Å². The number of hydrogen-bond donors (Lipinski definition) is 1. The number of sulfonamides is 1. The quantitative estimate of drug-likeness (QED) is 0.615. The van der Waals surface area contributed by atoms with Crippen LogP contribution in [0, 0.1) is 0 Å². The SMILES string of the molecule is CC(NC(=O)c1ccccc1N(C)S(=O)(=O)c1ccccc1)c1ccc2c(c1)OCCO2. The largest absolute Gasteiger partial charge is 0.486 e. The Labute approximate surface area is 187 Å². The summed E-state index contributed by atoms with van der Waals surface area (Å²) in [6.45, 7) is 2.85. The van der Waals surface area contributed by atoms with Gasteiger partial charge in [-0.2, -0.15) is 0 Å². The molecule has 0 bridgehead atoms. The van der Waals surface area contributed by atoms with Crippen molar-refractivity contribution in [3.63, 3.8) is 0 Å². The highest BCUT2D eigenvalue weighted by atomic mass is 32.2. The third-order valence-electron chi connectivity index (χ3n) is 5.30. The van der Waals surface area contributed by atoms with Crippen LogP contribution in [0.5, 0.6) is 11.5 Å². The lowest BCUT2D eigenvalue weighted by Gasteiger charge is -2.23. The molecule has 0 radical (unpaired) electrons. The molecule has 1 amide bonds. The van der Waals surface area contributed by atoms with Crippen LogP contribution in [0.1, 0.15) is 28.9 Å². The number of amides is 1. The molecule has 4 rings (SSSR count). The standard InChI is InChI=1S/C24H24N2O5S/c1-17(18-12-13-22-23(16-18)31-15-14-30-22)25-24(27)20-10-6-7-11-21(20)26(2)32(28,29)19-8-4-3-5-9-19/h3-13,16-17H,14-15H2,1-2H3,(H,25,27). The van der Waals surface area contributed by atoms with Gasteiger partial charge >= 0.3 is 0 Å². The molecular formula is C24H24N2O5S. The Hall–Kier alpha value is -3.52. The molecule has 0 saturated carbocycles. The molecule has 0 spiro atoms. The van der Waals surface area contributed by atoms with Crippen molar-refractivity contribution in [2.75, 3.05) is 24.6 Å². The fraction of sp³-hybridized carbons (Fsp3) is 0.208. The minimum absolute atomic E-state index is 0.155. The summed E-state index contributed by atoms with van der Waals surface area (Å²) < 4.78 is 38.4. The highest BCUT2D eigenvalue weighted by Gasteiger charge is 2.25. The van der Waals surface area contributed by atoms with E-state index in [4.69, 9.17) is 9.47 Å². The molecule has 32 heavy (non-hydrogen) atoms. The highest BCUT2D eigenvalue weighted by molar-refractivity contribution is 7.92. The number of ether oxygens (including phenoxy) is 2. The fourth-order valence-corrected chi connectivity index (χ4v) is 4.74. The van der Waals surface area contributed by atoms with Gasteiger partial charge in [-0.1, -0.05) is 36.4 Å². The van der Waals surface area contributed by atoms with Gasteiger partial charge in [-0.3, -0.25) is 9.10 Å². The van der Waals surface area contributed by atoms with E-state index in [2.05, 4.69) is 5.32 Å². The molecule has 0 saturated heterocycles. The van der Waals surface area contributed by atoms with Crippen molar-refractivity contribution in [1.82, 2.24) is 5.32 Å². The molecule has 166 valence electrons. The van der Waals surface area contributed by atoms with Gasteiger partial charge < -0.3 is 14.8 Å². The zero-order chi connectivity index (χ0) is 22.7. The van der Waals surface area contributed by atoms with E-state index in [0.29, 0.717) is 30.4 Å². The number of hydrogen-bond acceptors (Lipinski definition) is 5. The molecule has 0 fully saturated rings. The number of carbonyl (C=O) groups is 1. The first kappa shape index (κ1) is 21.7. The van der Waals surface area contributed by atoms with Crippen molar-refractivity contribution in [2.24, 2.45) is 0 Å². The summed E-state index contributed by atoms with van der Waals surface area (Å²) in [4.78, 5) is 13.3. The lowest BCUT2D eigenvalue weighted by Crippen LogP contribution is -2.32. The van der Waals surface area contributed by atoms with Gasteiger partial charge in [0.15, 0.2) is 11.5 Å². The first-order chi connectivity index (χ1) is 15.4. The van der Waals surface area contributed by atoms with E-state index < -0.39 is 10.0 Å². The average molecular weight is 453 g/mol. The lowest BCUT2D eigenvalue weighted by atomic mass is 10.1. The average Bonchev–Trinajstić information content (AvgIpc) is 2.83. The monoisotopic (exact) mass is 452 g/mol. The van der Waals surface area contributed by atoms with Crippen molar-refractivity contribution in [3.05, 3.63) is 83.9 Å². The van der Waals surface area contributed by atoms with Gasteiger partial charge in [0.25, 0.3) is 15.9 Å². The minimum Gasteiger partial charge on any atom is -0.486 e. The maximum absolute atomic E-state index is 13.1. The van der Waals surface area contributed by atoms with Crippen LogP contribution in [0.4, 0.5) is 5.69 Å². The van der Waals surface area contributed by atoms with Gasteiger partial charge in [0.1, 0.15) is 13.2 Å². The molecule has 3 aromatic rings. The van der Waals surface area contributed by atoms with E-state index >= 15 is 0 Å². The van der Waals surface area contributed by atoms with Crippen LogP contribution in [0.15, 0.2) is 77.7 Å². The number of para-hydroxylation sites is 1. The van der Waals surface area contributed by atoms with Crippen LogP contribution in [0.25, 0.3) is 0 Å². The first-order valence-corrected chi connectivity index (χ1v) is 11.7. The predicted octanol–water partition coefficient (Wildman–Crippen LogP) is 3.77. The second-order valence-corrected chi connectivity index (χ2v) is 9.37. The second kappa shape index (κ2) is 8.92. The molecule has 1 aliphatic heterocycles. The maximum atomic E-state index is 13.1. The van der Waals surface area contributed by atoms with Crippen LogP contribution >= 0.6 is 0 Å². The van der Waals surface area contributed by atoms with Crippen LogP contribution < -0.4 is 19.1 Å². The molecule has 1 unspecified atom stereocenters. The summed E-state index contributed by atoms with van der Waals surface area (Å²) in [7, 11) is -2.37. The topological polar surface area (TPSA) is 84.9 Å². The molecule has 3 aromatic carbocycles. The molecule has 1 aliphatic rings. The Kier molecular flexibility index (Phi) is 6.05. The van der Waals surface area contributed by atoms with Crippen molar-refractivity contribution < 1.29 is 22.7 Å². The van der Waals surface area contributed by atoms with Gasteiger partial charge in [-0.25, -0.2) is 8.42 Å². The molecule has 1 N–H and O–H groups in total. The number of nitrogens with one attached hydrogen (secondary N) is 1. The fourth-order valence-electron chi connectivity index (χ4n) is 3.51. The predicted molar refractivity (Wildman–Crippen MR) is 122 cm³/mol. The van der Waals surface area contributed by atoms with Gasteiger partial charge in [-0.05, 0) is 48.9 Å². The van der Waals surface area contributed by atoms with Gasteiger partial charge in [-0.15, -0.1) is 0 Å². The minimum atomic E-state index is -3.82. The summed E-state index contributed by atoms with van der Waals surface area (Å²) in [5, 5.41) is 2.95. The third kappa shape index (κ3) is 4.27. The molecule has 7 nitrogen and oxygen atoms in total. The molecule has 0 aliphatic carbocycles. The van der Waals surface area contributed by atoms with Crippen molar-refractivity contribution in [1.29, 1.82) is 0 Å². The van der Waals surface area contributed by atoms with Gasteiger partial charge in [0.2, 0.25) is 0 Å². The number of nitrogens with zero attached hydrogens (tertiary/aromatic N) is 1. The smallest absolute Gasteiger partial charge is 0.264 e. The van der Waals surface area contributed by atoms with E-state index in [1.807, 2.05) is 25.1 Å². The molecule has 1 atom stereocenters. The zero-order valence-electron chi connectivity index (χ0n) is 17.8. The Morgan fingerprint density at radius 1 is 0.938 bits per heavy atom. The van der Waals surface area contributed by atoms with Crippen molar-refractivity contribution >= 4 is 21.6 Å². The number of rotatable bonds is 6. The lowest BCUT2D eigenvalue weighted by molar-refractivity contribution is 0.0940. The first-order valence-electron chi connectivity index (χ1n) is 10.2. The number of fused-ring (bicyclic) bond motifs is 1. The Balaban J connectivity index is 1.58. The number of benzene rings is 3.